The molecule has 0 aliphatic carbocycles. The number of hydrazone groups is 1. The number of fused-ring (bicyclic) bond motifs is 2. The number of benzene rings is 5. The van der Waals surface area contributed by atoms with E-state index in [2.05, 4.69) is 34.0 Å². The number of hydrogen-bond donors (Lipinski definition) is 2. The van der Waals surface area contributed by atoms with Crippen LogP contribution in [0.5, 0.6) is 0 Å². The van der Waals surface area contributed by atoms with Crippen LogP contribution in [0.3, 0.4) is 0 Å². The molecular weight excluding hydrogens is 422 g/mol. The molecule has 0 aliphatic heterocycles. The highest BCUT2D eigenvalue weighted by atomic mass is 16.2. The average Bonchev–Trinajstić information content (AvgIpc) is 2.89. The van der Waals surface area contributed by atoms with Gasteiger partial charge in [-0.25, -0.2) is 5.43 Å². The molecule has 5 rings (SSSR count). The van der Waals surface area contributed by atoms with Gasteiger partial charge >= 0.3 is 0 Å². The Morgan fingerprint density at radius 3 is 1.82 bits per heavy atom. The fourth-order valence-corrected chi connectivity index (χ4v) is 3.91. The number of nitrogens with zero attached hydrogens (tertiary/aromatic N) is 1. The van der Waals surface area contributed by atoms with Gasteiger partial charge in [0.15, 0.2) is 0 Å². The van der Waals surface area contributed by atoms with Crippen molar-refractivity contribution in [2.75, 3.05) is 5.32 Å². The minimum atomic E-state index is -0.332. The number of nitrogens with one attached hydrogen (secondary N) is 2. The van der Waals surface area contributed by atoms with Crippen molar-refractivity contribution in [2.45, 2.75) is 0 Å². The highest BCUT2D eigenvalue weighted by Crippen LogP contribution is 2.27. The predicted octanol–water partition coefficient (Wildman–Crippen LogP) is 6.01. The summed E-state index contributed by atoms with van der Waals surface area (Å²) in [4.78, 5) is 24.9. The molecule has 2 amide bonds. The molecule has 0 spiro atoms. The standard InChI is InChI=1S/C29H21N3O2/c33-28(20-8-2-1-3-9-20)31-24-16-14-21(15-17-24)29(34)32-30-19-27-25-12-6-4-10-22(25)18-23-11-5-7-13-26(23)27/h1-19H,(H,31,33)(H,32,34)/b30-19-. The van der Waals surface area contributed by atoms with Crippen molar-refractivity contribution < 1.29 is 9.59 Å². The summed E-state index contributed by atoms with van der Waals surface area (Å²) in [6, 6.07) is 34.0. The summed E-state index contributed by atoms with van der Waals surface area (Å²) in [7, 11) is 0. The molecule has 0 heterocycles. The summed E-state index contributed by atoms with van der Waals surface area (Å²) in [5.41, 5.74) is 5.18. The van der Waals surface area contributed by atoms with Gasteiger partial charge in [-0.3, -0.25) is 9.59 Å². The van der Waals surface area contributed by atoms with Gasteiger partial charge in [0.25, 0.3) is 11.8 Å². The molecule has 0 saturated carbocycles. The first-order valence-electron chi connectivity index (χ1n) is 10.9. The summed E-state index contributed by atoms with van der Waals surface area (Å²) in [5.74, 6) is -0.536. The van der Waals surface area contributed by atoms with E-state index in [1.54, 1.807) is 42.6 Å². The minimum absolute atomic E-state index is 0.204. The molecule has 0 fully saturated rings. The fourth-order valence-electron chi connectivity index (χ4n) is 3.91. The van der Waals surface area contributed by atoms with Crippen molar-refractivity contribution in [3.8, 4) is 0 Å². The summed E-state index contributed by atoms with van der Waals surface area (Å²) in [6.45, 7) is 0. The normalized spacial score (nSPS) is 11.1. The minimum Gasteiger partial charge on any atom is -0.322 e. The summed E-state index contributed by atoms with van der Waals surface area (Å²) in [5, 5.41) is 11.4. The quantitative estimate of drug-likeness (QED) is 0.198. The maximum absolute atomic E-state index is 12.6. The largest absolute Gasteiger partial charge is 0.322 e. The van der Waals surface area contributed by atoms with Gasteiger partial charge in [0.05, 0.1) is 6.21 Å². The van der Waals surface area contributed by atoms with Gasteiger partial charge in [-0.15, -0.1) is 0 Å². The van der Waals surface area contributed by atoms with Gasteiger partial charge in [0.1, 0.15) is 0 Å². The van der Waals surface area contributed by atoms with E-state index in [1.807, 2.05) is 54.6 Å². The van der Waals surface area contributed by atoms with Crippen molar-refractivity contribution in [3.05, 3.63) is 126 Å². The molecule has 34 heavy (non-hydrogen) atoms. The second-order valence-corrected chi connectivity index (χ2v) is 7.83. The Morgan fingerprint density at radius 2 is 1.18 bits per heavy atom. The third-order valence-corrected chi connectivity index (χ3v) is 5.61. The van der Waals surface area contributed by atoms with Gasteiger partial charge in [-0.05, 0) is 64.0 Å². The van der Waals surface area contributed by atoms with Crippen LogP contribution < -0.4 is 10.7 Å². The lowest BCUT2D eigenvalue weighted by Crippen LogP contribution is -2.18. The van der Waals surface area contributed by atoms with Crippen LogP contribution in [0.15, 0.2) is 114 Å². The first-order valence-corrected chi connectivity index (χ1v) is 10.9. The Bertz CT molecular complexity index is 1470. The van der Waals surface area contributed by atoms with E-state index in [4.69, 9.17) is 0 Å². The second-order valence-electron chi connectivity index (χ2n) is 7.83. The van der Waals surface area contributed by atoms with Crippen molar-refractivity contribution in [2.24, 2.45) is 5.10 Å². The molecule has 0 radical (unpaired) electrons. The van der Waals surface area contributed by atoms with Gasteiger partial charge in [0, 0.05) is 22.4 Å². The molecular formula is C29H21N3O2. The first-order chi connectivity index (χ1) is 16.7. The summed E-state index contributed by atoms with van der Waals surface area (Å²) < 4.78 is 0. The van der Waals surface area contributed by atoms with E-state index in [0.29, 0.717) is 16.8 Å². The van der Waals surface area contributed by atoms with Crippen molar-refractivity contribution in [1.82, 2.24) is 5.43 Å². The van der Waals surface area contributed by atoms with Crippen LogP contribution in [0.2, 0.25) is 0 Å². The smallest absolute Gasteiger partial charge is 0.271 e. The summed E-state index contributed by atoms with van der Waals surface area (Å²) >= 11 is 0. The molecule has 0 aliphatic rings. The van der Waals surface area contributed by atoms with Crippen LogP contribution in [0.4, 0.5) is 5.69 Å². The average molecular weight is 444 g/mol. The molecule has 5 aromatic rings. The Hall–Kier alpha value is -4.77. The number of carbonyl (C=O) groups is 2. The van der Waals surface area contributed by atoms with Gasteiger partial charge in [0.2, 0.25) is 0 Å². The Morgan fingerprint density at radius 1 is 0.618 bits per heavy atom. The lowest BCUT2D eigenvalue weighted by molar-refractivity contribution is 0.0954. The zero-order valence-corrected chi connectivity index (χ0v) is 18.2. The first kappa shape index (κ1) is 21.1. The molecule has 0 bridgehead atoms. The van der Waals surface area contributed by atoms with Gasteiger partial charge in [-0.2, -0.15) is 5.10 Å². The molecule has 0 atom stereocenters. The van der Waals surface area contributed by atoms with Crippen LogP contribution in [0.25, 0.3) is 21.5 Å². The highest BCUT2D eigenvalue weighted by molar-refractivity contribution is 6.13. The molecule has 0 saturated heterocycles. The van der Waals surface area contributed by atoms with E-state index in [9.17, 15) is 9.59 Å². The highest BCUT2D eigenvalue weighted by Gasteiger charge is 2.09. The van der Waals surface area contributed by atoms with E-state index in [0.717, 1.165) is 27.1 Å². The van der Waals surface area contributed by atoms with Gasteiger partial charge < -0.3 is 5.32 Å². The van der Waals surface area contributed by atoms with Gasteiger partial charge in [-0.1, -0.05) is 66.7 Å². The number of anilines is 1. The van der Waals surface area contributed by atoms with Crippen molar-refractivity contribution >= 4 is 45.3 Å². The maximum atomic E-state index is 12.6. The van der Waals surface area contributed by atoms with E-state index < -0.39 is 0 Å². The van der Waals surface area contributed by atoms with Crippen LogP contribution in [0.1, 0.15) is 26.3 Å². The van der Waals surface area contributed by atoms with Crippen LogP contribution >= 0.6 is 0 Å². The van der Waals surface area contributed by atoms with Crippen molar-refractivity contribution in [3.63, 3.8) is 0 Å². The maximum Gasteiger partial charge on any atom is 0.271 e. The second kappa shape index (κ2) is 9.38. The third kappa shape index (κ3) is 4.40. The molecule has 2 N–H and O–H groups in total. The number of rotatable bonds is 5. The summed E-state index contributed by atoms with van der Waals surface area (Å²) in [6.07, 6.45) is 1.69. The lowest BCUT2D eigenvalue weighted by atomic mass is 9.97. The Kier molecular flexibility index (Phi) is 5.82. The number of hydrogen-bond acceptors (Lipinski definition) is 3. The van der Waals surface area contributed by atoms with Crippen LogP contribution in [0, 0.1) is 0 Å². The number of amides is 2. The molecule has 5 nitrogen and oxygen atoms in total. The number of carbonyl (C=O) groups excluding carboxylic acids is 2. The monoisotopic (exact) mass is 443 g/mol. The molecule has 0 aromatic heterocycles. The van der Waals surface area contributed by atoms with E-state index >= 15 is 0 Å². The van der Waals surface area contributed by atoms with Crippen molar-refractivity contribution in [1.29, 1.82) is 0 Å². The Balaban J connectivity index is 1.31. The molecule has 5 aromatic carbocycles. The zero-order valence-electron chi connectivity index (χ0n) is 18.2. The lowest BCUT2D eigenvalue weighted by Gasteiger charge is -2.08. The molecule has 0 unspecified atom stereocenters. The van der Waals surface area contributed by atoms with E-state index in [-0.39, 0.29) is 11.8 Å². The topological polar surface area (TPSA) is 70.6 Å². The molecule has 164 valence electrons. The van der Waals surface area contributed by atoms with Crippen LogP contribution in [-0.2, 0) is 0 Å². The fraction of sp³-hybridized carbons (Fsp3) is 0. The predicted molar refractivity (Wildman–Crippen MR) is 137 cm³/mol. The van der Waals surface area contributed by atoms with E-state index in [1.165, 1.54) is 0 Å². The van der Waals surface area contributed by atoms with Crippen LogP contribution in [-0.4, -0.2) is 18.0 Å². The zero-order chi connectivity index (χ0) is 23.3. The third-order valence-electron chi connectivity index (χ3n) is 5.61. The Labute approximate surface area is 196 Å². The molecule has 5 heteroatoms. The SMILES string of the molecule is O=C(N/N=C\c1c2ccccc2cc2ccccc12)c1ccc(NC(=O)c2ccccc2)cc1.